The predicted octanol–water partition coefficient (Wildman–Crippen LogP) is 4.33. The fourth-order valence-corrected chi connectivity index (χ4v) is 5.35. The van der Waals surface area contributed by atoms with E-state index in [2.05, 4.69) is 55.2 Å². The zero-order chi connectivity index (χ0) is 17.4. The number of benzene rings is 2. The molecule has 0 saturated heterocycles. The van der Waals surface area contributed by atoms with Gasteiger partial charge in [0.05, 0.1) is 13.0 Å². The van der Waals surface area contributed by atoms with Crippen LogP contribution in [0.3, 0.4) is 0 Å². The molecule has 0 N–H and O–H groups in total. The van der Waals surface area contributed by atoms with Gasteiger partial charge in [0.25, 0.3) is 0 Å². The van der Waals surface area contributed by atoms with Crippen LogP contribution in [0.25, 0.3) is 5.20 Å². The summed E-state index contributed by atoms with van der Waals surface area (Å²) in [6.45, 7) is 6.86. The molecular formula is C21H24O2Si. The molecule has 0 atom stereocenters. The molecule has 2 aromatic rings. The zero-order valence-electron chi connectivity index (χ0n) is 14.6. The minimum Gasteiger partial charge on any atom is -0.466 e. The highest BCUT2D eigenvalue weighted by Crippen LogP contribution is 2.25. The number of rotatable bonds is 6. The number of hydrogen-bond donors (Lipinski definition) is 0. The maximum Gasteiger partial charge on any atom is 0.310 e. The van der Waals surface area contributed by atoms with Gasteiger partial charge in [0.1, 0.15) is 8.07 Å². The van der Waals surface area contributed by atoms with Gasteiger partial charge in [-0.15, -0.1) is 5.73 Å². The van der Waals surface area contributed by atoms with Gasteiger partial charge in [-0.05, 0) is 23.8 Å². The van der Waals surface area contributed by atoms with Gasteiger partial charge in [-0.2, -0.15) is 0 Å². The van der Waals surface area contributed by atoms with E-state index in [0.717, 1.165) is 5.56 Å². The van der Waals surface area contributed by atoms with Gasteiger partial charge >= 0.3 is 5.97 Å². The van der Waals surface area contributed by atoms with Crippen LogP contribution in [0.15, 0.2) is 72.5 Å². The molecule has 0 aromatic heterocycles. The molecule has 2 nitrogen and oxygen atoms in total. The van der Waals surface area contributed by atoms with E-state index in [1.165, 1.54) is 10.4 Å². The van der Waals surface area contributed by atoms with E-state index in [1.54, 1.807) is 6.08 Å². The summed E-state index contributed by atoms with van der Waals surface area (Å²) in [6, 6.07) is 20.9. The molecule has 0 aliphatic carbocycles. The second kappa shape index (κ2) is 8.49. The molecule has 0 aliphatic heterocycles. The molecule has 0 saturated carbocycles. The minimum atomic E-state index is -1.92. The molecule has 0 spiro atoms. The SMILES string of the molecule is CCOC(=O)CC=C=C(c1ccccc1)[Si](C)(C)c1ccccc1. The van der Waals surface area contributed by atoms with Crippen molar-refractivity contribution in [1.29, 1.82) is 0 Å². The smallest absolute Gasteiger partial charge is 0.310 e. The number of carbonyl (C=O) groups excluding carboxylic acids is 1. The summed E-state index contributed by atoms with van der Waals surface area (Å²) < 4.78 is 4.99. The van der Waals surface area contributed by atoms with E-state index >= 15 is 0 Å². The Kier molecular flexibility index (Phi) is 6.36. The number of hydrogen-bond acceptors (Lipinski definition) is 2. The lowest BCUT2D eigenvalue weighted by Crippen LogP contribution is -2.42. The van der Waals surface area contributed by atoms with Crippen molar-refractivity contribution in [2.45, 2.75) is 26.4 Å². The van der Waals surface area contributed by atoms with Crippen LogP contribution in [0, 0.1) is 0 Å². The van der Waals surface area contributed by atoms with Gasteiger partial charge in [0, 0.05) is 0 Å². The normalized spacial score (nSPS) is 10.6. The van der Waals surface area contributed by atoms with Crippen LogP contribution in [0.2, 0.25) is 13.1 Å². The number of esters is 1. The second-order valence-corrected chi connectivity index (χ2v) is 10.4. The maximum atomic E-state index is 11.6. The zero-order valence-corrected chi connectivity index (χ0v) is 15.6. The molecule has 24 heavy (non-hydrogen) atoms. The van der Waals surface area contributed by atoms with Gasteiger partial charge in [0.2, 0.25) is 0 Å². The molecular weight excluding hydrogens is 312 g/mol. The predicted molar refractivity (Wildman–Crippen MR) is 103 cm³/mol. The molecule has 0 aliphatic rings. The first kappa shape index (κ1) is 18.0. The highest BCUT2D eigenvalue weighted by molar-refractivity contribution is 7.04. The standard InChI is InChI=1S/C21H24O2Si/c1-4-23-21(22)17-11-16-20(18-12-7-5-8-13-18)24(2,3)19-14-9-6-10-15-19/h5-15H,4,17H2,1-3H3. The Morgan fingerprint density at radius 1 is 1.04 bits per heavy atom. The summed E-state index contributed by atoms with van der Waals surface area (Å²) >= 11 is 0. The van der Waals surface area contributed by atoms with Crippen LogP contribution < -0.4 is 5.19 Å². The lowest BCUT2D eigenvalue weighted by molar-refractivity contribution is -0.142. The van der Waals surface area contributed by atoms with Crippen LogP contribution in [0.5, 0.6) is 0 Å². The Labute approximate surface area is 145 Å². The van der Waals surface area contributed by atoms with Crippen molar-refractivity contribution in [2.24, 2.45) is 0 Å². The molecule has 0 amide bonds. The van der Waals surface area contributed by atoms with E-state index in [1.807, 2.05) is 31.2 Å². The molecule has 124 valence electrons. The molecule has 0 bridgehead atoms. The Morgan fingerprint density at radius 3 is 2.21 bits per heavy atom. The van der Waals surface area contributed by atoms with Crippen LogP contribution in [-0.2, 0) is 9.53 Å². The van der Waals surface area contributed by atoms with E-state index in [-0.39, 0.29) is 12.4 Å². The molecule has 0 radical (unpaired) electrons. The van der Waals surface area contributed by atoms with Crippen LogP contribution in [0.4, 0.5) is 0 Å². The topological polar surface area (TPSA) is 26.3 Å². The van der Waals surface area contributed by atoms with Crippen molar-refractivity contribution in [3.05, 3.63) is 78.0 Å². The lowest BCUT2D eigenvalue weighted by atomic mass is 10.2. The summed E-state index contributed by atoms with van der Waals surface area (Å²) in [5, 5.41) is 2.54. The highest BCUT2D eigenvalue weighted by Gasteiger charge is 2.29. The van der Waals surface area contributed by atoms with E-state index < -0.39 is 8.07 Å². The Balaban J connectivity index is 2.44. The monoisotopic (exact) mass is 336 g/mol. The maximum absolute atomic E-state index is 11.6. The fraction of sp³-hybridized carbons (Fsp3) is 0.238. The quantitative estimate of drug-likeness (QED) is 0.446. The van der Waals surface area contributed by atoms with Crippen LogP contribution in [-0.4, -0.2) is 20.7 Å². The summed E-state index contributed by atoms with van der Waals surface area (Å²) in [6.07, 6.45) is 2.06. The molecule has 3 heteroatoms. The van der Waals surface area contributed by atoms with Crippen molar-refractivity contribution in [3.63, 3.8) is 0 Å². The third kappa shape index (κ3) is 4.57. The minimum absolute atomic E-state index is 0.211. The summed E-state index contributed by atoms with van der Waals surface area (Å²) in [7, 11) is -1.92. The summed E-state index contributed by atoms with van der Waals surface area (Å²) in [5.74, 6) is -0.211. The first-order valence-electron chi connectivity index (χ1n) is 8.28. The van der Waals surface area contributed by atoms with Crippen LogP contribution >= 0.6 is 0 Å². The van der Waals surface area contributed by atoms with Crippen molar-refractivity contribution >= 4 is 24.4 Å². The average molecular weight is 337 g/mol. The van der Waals surface area contributed by atoms with E-state index in [0.29, 0.717) is 6.61 Å². The number of carbonyl (C=O) groups is 1. The fourth-order valence-electron chi connectivity index (χ4n) is 2.68. The largest absolute Gasteiger partial charge is 0.466 e. The lowest BCUT2D eigenvalue weighted by Gasteiger charge is -2.25. The number of ether oxygens (including phenoxy) is 1. The van der Waals surface area contributed by atoms with E-state index in [4.69, 9.17) is 4.74 Å². The van der Waals surface area contributed by atoms with E-state index in [9.17, 15) is 4.79 Å². The van der Waals surface area contributed by atoms with Gasteiger partial charge in [-0.1, -0.05) is 78.9 Å². The third-order valence-corrected chi connectivity index (χ3v) is 7.46. The third-order valence-electron chi connectivity index (χ3n) is 4.00. The first-order chi connectivity index (χ1) is 11.6. The van der Waals surface area contributed by atoms with Crippen molar-refractivity contribution in [2.75, 3.05) is 6.61 Å². The highest BCUT2D eigenvalue weighted by atomic mass is 28.3. The van der Waals surface area contributed by atoms with Crippen molar-refractivity contribution < 1.29 is 9.53 Å². The van der Waals surface area contributed by atoms with Crippen molar-refractivity contribution in [1.82, 2.24) is 0 Å². The average Bonchev–Trinajstić information content (AvgIpc) is 2.60. The van der Waals surface area contributed by atoms with Crippen molar-refractivity contribution in [3.8, 4) is 0 Å². The second-order valence-electron chi connectivity index (χ2n) is 6.09. The Hall–Kier alpha value is -2.35. The van der Waals surface area contributed by atoms with Gasteiger partial charge < -0.3 is 4.74 Å². The van der Waals surface area contributed by atoms with Gasteiger partial charge in [-0.3, -0.25) is 4.79 Å². The summed E-state index contributed by atoms with van der Waals surface area (Å²) in [4.78, 5) is 11.6. The molecule has 0 fully saturated rings. The molecule has 0 unspecified atom stereocenters. The molecule has 2 aromatic carbocycles. The summed E-state index contributed by atoms with van der Waals surface area (Å²) in [5.41, 5.74) is 4.58. The first-order valence-corrected chi connectivity index (χ1v) is 11.3. The van der Waals surface area contributed by atoms with Gasteiger partial charge in [0.15, 0.2) is 0 Å². The Bertz CT molecular complexity index is 727. The van der Waals surface area contributed by atoms with Crippen LogP contribution in [0.1, 0.15) is 18.9 Å². The Morgan fingerprint density at radius 2 is 1.62 bits per heavy atom. The van der Waals surface area contributed by atoms with Gasteiger partial charge in [-0.25, -0.2) is 0 Å². The molecule has 0 heterocycles. The molecule has 2 rings (SSSR count).